The lowest BCUT2D eigenvalue weighted by Gasteiger charge is -2.17. The summed E-state index contributed by atoms with van der Waals surface area (Å²) in [5.41, 5.74) is 12.2. The van der Waals surface area contributed by atoms with E-state index in [1.165, 1.54) is 16.6 Å². The minimum Gasteiger partial charge on any atom is -0.309 e. The highest BCUT2D eigenvalue weighted by Crippen LogP contribution is 2.40. The molecule has 0 atom stereocenters. The highest BCUT2D eigenvalue weighted by atomic mass is 15.0. The normalized spacial score (nSPS) is 12.1. The molecule has 0 saturated carbocycles. The highest BCUT2D eigenvalue weighted by molar-refractivity contribution is 6.10. The van der Waals surface area contributed by atoms with Crippen LogP contribution in [0.2, 0.25) is 0 Å². The van der Waals surface area contributed by atoms with Crippen molar-refractivity contribution >= 4 is 38.8 Å². The molecule has 0 radical (unpaired) electrons. The van der Waals surface area contributed by atoms with Crippen LogP contribution in [-0.2, 0) is 6.42 Å². The molecule has 9 rings (SSSR count). The maximum absolute atomic E-state index is 10.7. The number of hydrogen-bond acceptors (Lipinski definition) is 3. The van der Waals surface area contributed by atoms with Crippen molar-refractivity contribution in [3.8, 4) is 51.8 Å². The van der Waals surface area contributed by atoms with E-state index in [1.807, 2.05) is 72.8 Å². The van der Waals surface area contributed by atoms with E-state index in [-0.39, 0.29) is 0 Å². The first-order valence-electron chi connectivity index (χ1n) is 16.6. The zero-order valence-electron chi connectivity index (χ0n) is 26.9. The SMILES string of the molecule is N#Cc1ccc2c(c1)c1ccccc1n2-c1cccc(-c2ccc(-c3ccccc3-n3c4c(c5ccccc53)CCC=C4)cc2C#N)c1C#N. The third-order valence-electron chi connectivity index (χ3n) is 9.94. The Labute approximate surface area is 289 Å². The van der Waals surface area contributed by atoms with Crippen molar-refractivity contribution < 1.29 is 0 Å². The molecular weight excluding hydrogens is 611 g/mol. The molecule has 0 unspecified atom stereocenters. The number of aromatic nitrogens is 2. The lowest BCUT2D eigenvalue weighted by atomic mass is 9.92. The van der Waals surface area contributed by atoms with Crippen LogP contribution in [0.15, 0.2) is 133 Å². The predicted octanol–water partition coefficient (Wildman–Crippen LogP) is 10.6. The Kier molecular flexibility index (Phi) is 6.70. The summed E-state index contributed by atoms with van der Waals surface area (Å²) in [5, 5.41) is 34.1. The molecule has 2 aromatic heterocycles. The molecule has 0 bridgehead atoms. The molecule has 1 aliphatic rings. The molecule has 2 heterocycles. The van der Waals surface area contributed by atoms with Gasteiger partial charge in [0.2, 0.25) is 0 Å². The first-order valence-corrected chi connectivity index (χ1v) is 16.6. The molecule has 0 fully saturated rings. The van der Waals surface area contributed by atoms with E-state index in [4.69, 9.17) is 0 Å². The fourth-order valence-corrected chi connectivity index (χ4v) is 7.77. The van der Waals surface area contributed by atoms with E-state index in [1.54, 1.807) is 6.07 Å². The van der Waals surface area contributed by atoms with Crippen LogP contribution in [0, 0.1) is 34.0 Å². The summed E-state index contributed by atoms with van der Waals surface area (Å²) in [6, 6.07) is 49.6. The van der Waals surface area contributed by atoms with Crippen LogP contribution in [0.1, 0.15) is 34.4 Å². The topological polar surface area (TPSA) is 81.2 Å². The summed E-state index contributed by atoms with van der Waals surface area (Å²) in [6.07, 6.45) is 6.51. The van der Waals surface area contributed by atoms with Crippen molar-refractivity contribution in [3.05, 3.63) is 161 Å². The largest absolute Gasteiger partial charge is 0.309 e. The second-order valence-corrected chi connectivity index (χ2v) is 12.6. The molecule has 0 N–H and O–H groups in total. The summed E-state index contributed by atoms with van der Waals surface area (Å²) < 4.78 is 4.43. The molecule has 0 saturated heterocycles. The minimum absolute atomic E-state index is 0.474. The summed E-state index contributed by atoms with van der Waals surface area (Å²) in [5.74, 6) is 0. The van der Waals surface area contributed by atoms with Crippen molar-refractivity contribution in [2.75, 3.05) is 0 Å². The van der Waals surface area contributed by atoms with Gasteiger partial charge in [-0.2, -0.15) is 15.8 Å². The number of nitrogens with zero attached hydrogens (tertiary/aromatic N) is 5. The fraction of sp³-hybridized carbons (Fsp3) is 0.0444. The third kappa shape index (κ3) is 4.30. The molecule has 0 amide bonds. The van der Waals surface area contributed by atoms with Gasteiger partial charge >= 0.3 is 0 Å². The molecule has 6 aromatic carbocycles. The van der Waals surface area contributed by atoms with E-state index in [9.17, 15) is 15.8 Å². The van der Waals surface area contributed by atoms with Crippen LogP contribution in [0.5, 0.6) is 0 Å². The van der Waals surface area contributed by atoms with E-state index >= 15 is 0 Å². The standard InChI is InChI=1S/C45H27N5/c46-26-29-20-23-45-38(24-29)37-13-4-8-18-43(37)50(45)44-19-9-14-34(39(44)28-48)32-22-21-30(25-31(32)27-47)33-10-1-5-15-40(33)49-41-16-6-2-11-35(41)36-12-3-7-17-42(36)49/h1-2,4-11,13-25H,3,12H2. The highest BCUT2D eigenvalue weighted by Gasteiger charge is 2.22. The summed E-state index contributed by atoms with van der Waals surface area (Å²) in [4.78, 5) is 0. The van der Waals surface area contributed by atoms with Crippen LogP contribution in [-0.4, -0.2) is 9.13 Å². The molecular formula is C45H27N5. The van der Waals surface area contributed by atoms with Crippen LogP contribution in [0.25, 0.3) is 72.4 Å². The van der Waals surface area contributed by atoms with Crippen molar-refractivity contribution in [1.29, 1.82) is 15.8 Å². The number of allylic oxidation sites excluding steroid dienone is 1. The lowest BCUT2D eigenvalue weighted by molar-refractivity contribution is 0.968. The van der Waals surface area contributed by atoms with Crippen LogP contribution >= 0.6 is 0 Å². The summed E-state index contributed by atoms with van der Waals surface area (Å²) >= 11 is 0. The predicted molar refractivity (Wildman–Crippen MR) is 200 cm³/mol. The second-order valence-electron chi connectivity index (χ2n) is 12.6. The lowest BCUT2D eigenvalue weighted by Crippen LogP contribution is -2.02. The Balaban J connectivity index is 1.22. The van der Waals surface area contributed by atoms with Crippen molar-refractivity contribution in [2.24, 2.45) is 0 Å². The van der Waals surface area contributed by atoms with Crippen molar-refractivity contribution in [1.82, 2.24) is 9.13 Å². The van der Waals surface area contributed by atoms with Gasteiger partial charge in [0.1, 0.15) is 6.07 Å². The summed E-state index contributed by atoms with van der Waals surface area (Å²) in [7, 11) is 0. The zero-order chi connectivity index (χ0) is 33.8. The maximum Gasteiger partial charge on any atom is 0.102 e. The smallest absolute Gasteiger partial charge is 0.102 e. The minimum atomic E-state index is 0.474. The average Bonchev–Trinajstić information content (AvgIpc) is 3.69. The monoisotopic (exact) mass is 637 g/mol. The van der Waals surface area contributed by atoms with Gasteiger partial charge in [0.15, 0.2) is 0 Å². The second kappa shape index (κ2) is 11.5. The van der Waals surface area contributed by atoms with E-state index < -0.39 is 0 Å². The maximum atomic E-state index is 10.7. The van der Waals surface area contributed by atoms with Gasteiger partial charge in [-0.15, -0.1) is 0 Å². The van der Waals surface area contributed by atoms with Gasteiger partial charge in [-0.25, -0.2) is 0 Å². The van der Waals surface area contributed by atoms with Crippen LogP contribution < -0.4 is 0 Å². The average molecular weight is 638 g/mol. The number of hydrogen-bond donors (Lipinski definition) is 0. The molecule has 50 heavy (non-hydrogen) atoms. The quantitative estimate of drug-likeness (QED) is 0.193. The van der Waals surface area contributed by atoms with E-state index in [0.29, 0.717) is 27.8 Å². The Hall–Kier alpha value is -7.13. The van der Waals surface area contributed by atoms with Gasteiger partial charge < -0.3 is 9.13 Å². The molecule has 8 aromatic rings. The molecule has 0 aliphatic heterocycles. The van der Waals surface area contributed by atoms with Gasteiger partial charge in [0, 0.05) is 38.5 Å². The molecule has 5 heteroatoms. The van der Waals surface area contributed by atoms with Crippen LogP contribution in [0.3, 0.4) is 0 Å². The van der Waals surface area contributed by atoms with Gasteiger partial charge in [0.25, 0.3) is 0 Å². The van der Waals surface area contributed by atoms with Crippen LogP contribution in [0.4, 0.5) is 0 Å². The molecule has 5 nitrogen and oxygen atoms in total. The van der Waals surface area contributed by atoms with Gasteiger partial charge in [-0.05, 0) is 78.6 Å². The Morgan fingerprint density at radius 1 is 0.520 bits per heavy atom. The number of aryl methyl sites for hydroxylation is 1. The van der Waals surface area contributed by atoms with Crippen molar-refractivity contribution in [3.63, 3.8) is 0 Å². The van der Waals surface area contributed by atoms with E-state index in [0.717, 1.165) is 62.7 Å². The number of fused-ring (bicyclic) bond motifs is 6. The number of nitriles is 3. The van der Waals surface area contributed by atoms with Gasteiger partial charge in [0.05, 0.1) is 56.8 Å². The van der Waals surface area contributed by atoms with Crippen molar-refractivity contribution in [2.45, 2.75) is 12.8 Å². The molecule has 232 valence electrons. The Bertz CT molecular complexity index is 2860. The number of para-hydroxylation sites is 3. The zero-order valence-corrected chi connectivity index (χ0v) is 26.9. The first-order chi connectivity index (χ1) is 24.7. The number of benzene rings is 6. The van der Waals surface area contributed by atoms with Gasteiger partial charge in [-0.1, -0.05) is 84.9 Å². The molecule has 1 aliphatic carbocycles. The van der Waals surface area contributed by atoms with E-state index in [2.05, 4.69) is 88.0 Å². The number of rotatable bonds is 4. The van der Waals surface area contributed by atoms with Gasteiger partial charge in [-0.3, -0.25) is 0 Å². The molecule has 0 spiro atoms. The third-order valence-corrected chi connectivity index (χ3v) is 9.94. The first kappa shape index (κ1) is 29.0. The Morgan fingerprint density at radius 2 is 1.24 bits per heavy atom. The summed E-state index contributed by atoms with van der Waals surface area (Å²) in [6.45, 7) is 0. The Morgan fingerprint density at radius 3 is 2.06 bits per heavy atom. The fourth-order valence-electron chi connectivity index (χ4n) is 7.77.